The van der Waals surface area contributed by atoms with E-state index in [-0.39, 0.29) is 5.91 Å². The molecule has 0 bridgehead atoms. The van der Waals surface area contributed by atoms with Crippen molar-refractivity contribution in [3.05, 3.63) is 71.9 Å². The molecule has 0 radical (unpaired) electrons. The Balaban J connectivity index is 1.23. The van der Waals surface area contributed by atoms with Crippen LogP contribution in [0.15, 0.2) is 60.7 Å². The van der Waals surface area contributed by atoms with Crippen molar-refractivity contribution in [2.45, 2.75) is 26.2 Å². The van der Waals surface area contributed by atoms with E-state index in [1.807, 2.05) is 60.4 Å². The summed E-state index contributed by atoms with van der Waals surface area (Å²) in [6.07, 6.45) is 2.43. The first kappa shape index (κ1) is 20.8. The summed E-state index contributed by atoms with van der Waals surface area (Å²) in [5, 5.41) is 11.8. The summed E-state index contributed by atoms with van der Waals surface area (Å²) in [6.45, 7) is 4.93. The maximum Gasteiger partial charge on any atom is 0.222 e. The number of rotatable bonds is 7. The molecule has 0 spiro atoms. The Hall–Kier alpha value is -3.48. The molecule has 1 N–H and O–H groups in total. The molecule has 1 fully saturated rings. The van der Waals surface area contributed by atoms with Crippen molar-refractivity contribution >= 4 is 23.4 Å². The van der Waals surface area contributed by atoms with Gasteiger partial charge in [0.1, 0.15) is 5.82 Å². The summed E-state index contributed by atoms with van der Waals surface area (Å²) in [7, 11) is 0. The van der Waals surface area contributed by atoms with Gasteiger partial charge in [-0.25, -0.2) is 4.98 Å². The number of benzene rings is 1. The van der Waals surface area contributed by atoms with Crippen LogP contribution >= 0.6 is 0 Å². The highest BCUT2D eigenvalue weighted by molar-refractivity contribution is 5.76. The molecular formula is C24H28N6O. The molecule has 0 saturated carbocycles. The first-order chi connectivity index (χ1) is 15.2. The molecule has 3 aromatic rings. The van der Waals surface area contributed by atoms with E-state index in [2.05, 4.69) is 37.5 Å². The maximum atomic E-state index is 12.5. The minimum atomic E-state index is 0.242. The largest absolute Gasteiger partial charge is 0.352 e. The van der Waals surface area contributed by atoms with Gasteiger partial charge in [0.2, 0.25) is 5.91 Å². The SMILES string of the molecule is Cc1cccc(Nc2ccc(N3CCN(C(=O)CCCc4ccccc4)CC3)nn2)n1. The number of amides is 1. The van der Waals surface area contributed by atoms with Crippen LogP contribution in [0, 0.1) is 6.92 Å². The van der Waals surface area contributed by atoms with Gasteiger partial charge in [-0.1, -0.05) is 36.4 Å². The van der Waals surface area contributed by atoms with Gasteiger partial charge in [-0.2, -0.15) is 0 Å². The third kappa shape index (κ3) is 5.78. The van der Waals surface area contributed by atoms with Gasteiger partial charge in [0.25, 0.3) is 0 Å². The predicted molar refractivity (Wildman–Crippen MR) is 122 cm³/mol. The van der Waals surface area contributed by atoms with E-state index in [0.29, 0.717) is 12.2 Å². The Labute approximate surface area is 183 Å². The van der Waals surface area contributed by atoms with Crippen LogP contribution in [-0.2, 0) is 11.2 Å². The van der Waals surface area contributed by atoms with Crippen LogP contribution in [0.25, 0.3) is 0 Å². The highest BCUT2D eigenvalue weighted by Gasteiger charge is 2.21. The number of nitrogens with one attached hydrogen (secondary N) is 1. The first-order valence-corrected chi connectivity index (χ1v) is 10.8. The first-order valence-electron chi connectivity index (χ1n) is 10.8. The van der Waals surface area contributed by atoms with Gasteiger partial charge in [0.15, 0.2) is 11.6 Å². The number of nitrogens with zero attached hydrogens (tertiary/aromatic N) is 5. The van der Waals surface area contributed by atoms with Crippen molar-refractivity contribution in [3.63, 3.8) is 0 Å². The zero-order chi connectivity index (χ0) is 21.5. The van der Waals surface area contributed by atoms with E-state index in [4.69, 9.17) is 0 Å². The highest BCUT2D eigenvalue weighted by Crippen LogP contribution is 2.17. The minimum Gasteiger partial charge on any atom is -0.352 e. The minimum absolute atomic E-state index is 0.242. The van der Waals surface area contributed by atoms with Gasteiger partial charge >= 0.3 is 0 Å². The Morgan fingerprint density at radius 3 is 2.42 bits per heavy atom. The van der Waals surface area contributed by atoms with Crippen molar-refractivity contribution in [3.8, 4) is 0 Å². The number of anilines is 3. The van der Waals surface area contributed by atoms with Crippen molar-refractivity contribution in [1.29, 1.82) is 0 Å². The number of carbonyl (C=O) groups excluding carboxylic acids is 1. The summed E-state index contributed by atoms with van der Waals surface area (Å²) in [4.78, 5) is 21.1. The van der Waals surface area contributed by atoms with Gasteiger partial charge in [-0.3, -0.25) is 4.79 Å². The molecule has 160 valence electrons. The van der Waals surface area contributed by atoms with Crippen molar-refractivity contribution in [2.24, 2.45) is 0 Å². The van der Waals surface area contributed by atoms with Crippen LogP contribution in [0.1, 0.15) is 24.1 Å². The average molecular weight is 417 g/mol. The second-order valence-corrected chi connectivity index (χ2v) is 7.77. The maximum absolute atomic E-state index is 12.5. The molecule has 4 rings (SSSR count). The Morgan fingerprint density at radius 2 is 1.71 bits per heavy atom. The van der Waals surface area contributed by atoms with E-state index in [1.54, 1.807) is 0 Å². The van der Waals surface area contributed by atoms with E-state index in [0.717, 1.165) is 56.4 Å². The molecule has 1 aliphatic rings. The number of pyridine rings is 1. The summed E-state index contributed by atoms with van der Waals surface area (Å²) in [5.41, 5.74) is 2.23. The van der Waals surface area contributed by atoms with Crippen LogP contribution in [-0.4, -0.2) is 52.2 Å². The van der Waals surface area contributed by atoms with Crippen LogP contribution in [0.3, 0.4) is 0 Å². The number of aryl methyl sites for hydroxylation is 2. The molecule has 7 nitrogen and oxygen atoms in total. The lowest BCUT2D eigenvalue weighted by molar-refractivity contribution is -0.131. The van der Waals surface area contributed by atoms with Crippen LogP contribution in [0.5, 0.6) is 0 Å². The van der Waals surface area contributed by atoms with E-state index in [1.165, 1.54) is 5.56 Å². The highest BCUT2D eigenvalue weighted by atomic mass is 16.2. The zero-order valence-electron chi connectivity index (χ0n) is 17.9. The number of hydrogen-bond acceptors (Lipinski definition) is 6. The van der Waals surface area contributed by atoms with Crippen LogP contribution in [0.2, 0.25) is 0 Å². The molecule has 0 atom stereocenters. The number of piperazine rings is 1. The summed E-state index contributed by atoms with van der Waals surface area (Å²) >= 11 is 0. The summed E-state index contributed by atoms with van der Waals surface area (Å²) in [5.74, 6) is 2.49. The molecular weight excluding hydrogens is 388 g/mol. The van der Waals surface area contributed by atoms with E-state index in [9.17, 15) is 4.79 Å². The third-order valence-corrected chi connectivity index (χ3v) is 5.45. The van der Waals surface area contributed by atoms with Crippen LogP contribution < -0.4 is 10.2 Å². The average Bonchev–Trinajstić information content (AvgIpc) is 2.80. The van der Waals surface area contributed by atoms with E-state index < -0.39 is 0 Å². The van der Waals surface area contributed by atoms with Gasteiger partial charge in [-0.15, -0.1) is 10.2 Å². The lowest BCUT2D eigenvalue weighted by Crippen LogP contribution is -2.49. The fourth-order valence-electron chi connectivity index (χ4n) is 3.74. The lowest BCUT2D eigenvalue weighted by atomic mass is 10.1. The van der Waals surface area contributed by atoms with Crippen molar-refractivity contribution < 1.29 is 4.79 Å². The van der Waals surface area contributed by atoms with Gasteiger partial charge in [0.05, 0.1) is 0 Å². The summed E-state index contributed by atoms with van der Waals surface area (Å²) in [6, 6.07) is 20.0. The van der Waals surface area contributed by atoms with Gasteiger partial charge in [0, 0.05) is 38.3 Å². The molecule has 0 aliphatic carbocycles. The second-order valence-electron chi connectivity index (χ2n) is 7.77. The normalized spacial score (nSPS) is 13.8. The smallest absolute Gasteiger partial charge is 0.222 e. The standard InChI is InChI=1S/C24H28N6O/c1-19-7-5-11-21(25-19)26-22-13-14-23(28-27-22)29-15-17-30(18-16-29)24(31)12-6-10-20-8-3-2-4-9-20/h2-5,7-9,11,13-14H,6,10,12,15-18H2,1H3,(H,25,26,27). The molecule has 31 heavy (non-hydrogen) atoms. The van der Waals surface area contributed by atoms with Crippen molar-refractivity contribution in [2.75, 3.05) is 36.4 Å². The molecule has 3 heterocycles. The van der Waals surface area contributed by atoms with Crippen molar-refractivity contribution in [1.82, 2.24) is 20.1 Å². The third-order valence-electron chi connectivity index (χ3n) is 5.45. The zero-order valence-corrected chi connectivity index (χ0v) is 17.9. The molecule has 7 heteroatoms. The molecule has 1 saturated heterocycles. The molecule has 1 aromatic carbocycles. The molecule has 1 aliphatic heterocycles. The van der Waals surface area contributed by atoms with Crippen LogP contribution in [0.4, 0.5) is 17.5 Å². The second kappa shape index (κ2) is 10.0. The Kier molecular flexibility index (Phi) is 6.72. The number of hydrogen-bond donors (Lipinski definition) is 1. The number of aromatic nitrogens is 3. The summed E-state index contributed by atoms with van der Waals surface area (Å²) < 4.78 is 0. The van der Waals surface area contributed by atoms with Gasteiger partial charge in [-0.05, 0) is 49.6 Å². The fourth-order valence-corrected chi connectivity index (χ4v) is 3.74. The molecule has 1 amide bonds. The van der Waals surface area contributed by atoms with Gasteiger partial charge < -0.3 is 15.1 Å². The van der Waals surface area contributed by atoms with E-state index >= 15 is 0 Å². The Bertz CT molecular complexity index is 984. The lowest BCUT2D eigenvalue weighted by Gasteiger charge is -2.35. The topological polar surface area (TPSA) is 74.2 Å². The predicted octanol–water partition coefficient (Wildman–Crippen LogP) is 3.60. The number of carbonyl (C=O) groups is 1. The Morgan fingerprint density at radius 1 is 0.903 bits per heavy atom. The monoisotopic (exact) mass is 416 g/mol. The quantitative estimate of drug-likeness (QED) is 0.634. The molecule has 0 unspecified atom stereocenters. The fraction of sp³-hybridized carbons (Fsp3) is 0.333. The molecule has 2 aromatic heterocycles.